The van der Waals surface area contributed by atoms with E-state index in [9.17, 15) is 4.39 Å². The van der Waals surface area contributed by atoms with Crippen molar-refractivity contribution in [3.8, 4) is 0 Å². The second-order valence-electron chi connectivity index (χ2n) is 6.00. The van der Waals surface area contributed by atoms with Crippen LogP contribution in [0.1, 0.15) is 45.8 Å². The maximum atomic E-state index is 13.8. The van der Waals surface area contributed by atoms with E-state index >= 15 is 0 Å². The molecule has 1 aromatic carbocycles. The normalized spacial score (nSPS) is 13.5. The van der Waals surface area contributed by atoms with Crippen LogP contribution in [0.15, 0.2) is 24.3 Å². The van der Waals surface area contributed by atoms with Gasteiger partial charge in [-0.25, -0.2) is 4.39 Å². The fourth-order valence-electron chi connectivity index (χ4n) is 1.78. The van der Waals surface area contributed by atoms with Gasteiger partial charge in [0.25, 0.3) is 0 Å². The van der Waals surface area contributed by atoms with E-state index in [2.05, 4.69) is 26.1 Å². The summed E-state index contributed by atoms with van der Waals surface area (Å²) in [6.07, 6.45) is 0.743. The Bertz CT molecular complexity index is 373. The van der Waals surface area contributed by atoms with Gasteiger partial charge in [-0.2, -0.15) is 0 Å². The van der Waals surface area contributed by atoms with Crippen LogP contribution in [0.5, 0.6) is 0 Å². The highest BCUT2D eigenvalue weighted by molar-refractivity contribution is 5.20. The summed E-state index contributed by atoms with van der Waals surface area (Å²) < 4.78 is 19.7. The lowest BCUT2D eigenvalue weighted by atomic mass is 9.93. The molecule has 0 spiro atoms. The SMILES string of the molecule is CCNCC(OCCC(C)(C)C)c1ccccc1F. The molecule has 0 bridgehead atoms. The van der Waals surface area contributed by atoms with Gasteiger partial charge in [-0.1, -0.05) is 45.9 Å². The Morgan fingerprint density at radius 2 is 1.95 bits per heavy atom. The smallest absolute Gasteiger partial charge is 0.129 e. The van der Waals surface area contributed by atoms with Gasteiger partial charge in [0, 0.05) is 18.7 Å². The van der Waals surface area contributed by atoms with E-state index in [1.807, 2.05) is 13.0 Å². The molecule has 0 heterocycles. The zero-order chi connectivity index (χ0) is 14.3. The molecule has 1 atom stereocenters. The second-order valence-corrected chi connectivity index (χ2v) is 6.00. The van der Waals surface area contributed by atoms with Crippen molar-refractivity contribution in [2.45, 2.75) is 40.2 Å². The highest BCUT2D eigenvalue weighted by atomic mass is 19.1. The fraction of sp³-hybridized carbons (Fsp3) is 0.625. The maximum absolute atomic E-state index is 13.8. The Morgan fingerprint density at radius 3 is 2.53 bits per heavy atom. The third-order valence-electron chi connectivity index (χ3n) is 3.00. The van der Waals surface area contributed by atoms with E-state index in [0.717, 1.165) is 13.0 Å². The van der Waals surface area contributed by atoms with Crippen molar-refractivity contribution >= 4 is 0 Å². The molecule has 1 aromatic rings. The van der Waals surface area contributed by atoms with Gasteiger partial charge in [-0.3, -0.25) is 0 Å². The summed E-state index contributed by atoms with van der Waals surface area (Å²) in [5.41, 5.74) is 0.871. The first kappa shape index (κ1) is 16.1. The third-order valence-corrected chi connectivity index (χ3v) is 3.00. The number of likely N-dealkylation sites (N-methyl/N-ethyl adjacent to an activating group) is 1. The highest BCUT2D eigenvalue weighted by Gasteiger charge is 2.17. The Kier molecular flexibility index (Phi) is 6.46. The molecule has 2 nitrogen and oxygen atoms in total. The standard InChI is InChI=1S/C16H26FNO/c1-5-18-12-15(19-11-10-16(2,3)4)13-8-6-7-9-14(13)17/h6-9,15,18H,5,10-12H2,1-4H3. The number of hydrogen-bond donors (Lipinski definition) is 1. The molecule has 1 unspecified atom stereocenters. The molecule has 19 heavy (non-hydrogen) atoms. The van der Waals surface area contributed by atoms with Crippen LogP contribution in [-0.2, 0) is 4.74 Å². The van der Waals surface area contributed by atoms with Crippen LogP contribution in [0.2, 0.25) is 0 Å². The van der Waals surface area contributed by atoms with E-state index < -0.39 is 0 Å². The lowest BCUT2D eigenvalue weighted by Crippen LogP contribution is -2.25. The van der Waals surface area contributed by atoms with Crippen molar-refractivity contribution in [3.63, 3.8) is 0 Å². The lowest BCUT2D eigenvalue weighted by molar-refractivity contribution is 0.0352. The van der Waals surface area contributed by atoms with Crippen LogP contribution in [0, 0.1) is 11.2 Å². The predicted molar refractivity (Wildman–Crippen MR) is 77.7 cm³/mol. The third kappa shape index (κ3) is 6.17. The first-order chi connectivity index (χ1) is 8.94. The first-order valence-corrected chi connectivity index (χ1v) is 7.01. The minimum Gasteiger partial charge on any atom is -0.372 e. The van der Waals surface area contributed by atoms with Crippen molar-refractivity contribution in [3.05, 3.63) is 35.6 Å². The second kappa shape index (κ2) is 7.61. The van der Waals surface area contributed by atoms with Crippen molar-refractivity contribution < 1.29 is 9.13 Å². The minimum absolute atomic E-state index is 0.193. The van der Waals surface area contributed by atoms with Gasteiger partial charge >= 0.3 is 0 Å². The first-order valence-electron chi connectivity index (χ1n) is 7.01. The number of rotatable bonds is 7. The van der Waals surface area contributed by atoms with Crippen molar-refractivity contribution in [1.82, 2.24) is 5.32 Å². The van der Waals surface area contributed by atoms with E-state index in [1.54, 1.807) is 12.1 Å². The van der Waals surface area contributed by atoms with Gasteiger partial charge in [-0.05, 0) is 24.4 Å². The Morgan fingerprint density at radius 1 is 1.26 bits per heavy atom. The number of halogens is 1. The lowest BCUT2D eigenvalue weighted by Gasteiger charge is -2.23. The van der Waals surface area contributed by atoms with Crippen LogP contribution in [0.25, 0.3) is 0 Å². The molecule has 0 amide bonds. The molecule has 1 rings (SSSR count). The van der Waals surface area contributed by atoms with Crippen LogP contribution >= 0.6 is 0 Å². The number of nitrogens with one attached hydrogen (secondary N) is 1. The highest BCUT2D eigenvalue weighted by Crippen LogP contribution is 2.23. The zero-order valence-electron chi connectivity index (χ0n) is 12.5. The number of hydrogen-bond acceptors (Lipinski definition) is 2. The summed E-state index contributed by atoms with van der Waals surface area (Å²) in [4.78, 5) is 0. The molecular weight excluding hydrogens is 241 g/mol. The zero-order valence-corrected chi connectivity index (χ0v) is 12.5. The van der Waals surface area contributed by atoms with Gasteiger partial charge in [-0.15, -0.1) is 0 Å². The van der Waals surface area contributed by atoms with Crippen molar-refractivity contribution in [2.24, 2.45) is 5.41 Å². The molecule has 0 saturated heterocycles. The van der Waals surface area contributed by atoms with E-state index in [-0.39, 0.29) is 17.3 Å². The van der Waals surface area contributed by atoms with Gasteiger partial charge in [0.15, 0.2) is 0 Å². The molecule has 0 aromatic heterocycles. The van der Waals surface area contributed by atoms with Gasteiger partial charge < -0.3 is 10.1 Å². The summed E-state index contributed by atoms with van der Waals surface area (Å²) in [7, 11) is 0. The topological polar surface area (TPSA) is 21.3 Å². The molecule has 3 heteroatoms. The quantitative estimate of drug-likeness (QED) is 0.808. The van der Waals surface area contributed by atoms with E-state index in [1.165, 1.54) is 6.07 Å². The summed E-state index contributed by atoms with van der Waals surface area (Å²) in [5, 5.41) is 3.23. The van der Waals surface area contributed by atoms with Crippen molar-refractivity contribution in [2.75, 3.05) is 19.7 Å². The predicted octanol–water partition coefficient (Wildman–Crippen LogP) is 3.93. The Labute approximate surface area is 116 Å². The number of benzene rings is 1. The number of ether oxygens (including phenoxy) is 1. The summed E-state index contributed by atoms with van der Waals surface area (Å²) in [6.45, 7) is 10.7. The van der Waals surface area contributed by atoms with Gasteiger partial charge in [0.05, 0.1) is 6.10 Å². The molecular formula is C16H26FNO. The van der Waals surface area contributed by atoms with Crippen LogP contribution in [0.3, 0.4) is 0 Å². The molecule has 0 aliphatic rings. The van der Waals surface area contributed by atoms with Crippen molar-refractivity contribution in [1.29, 1.82) is 0 Å². The van der Waals surface area contributed by atoms with Crippen LogP contribution in [-0.4, -0.2) is 19.7 Å². The monoisotopic (exact) mass is 267 g/mol. The van der Waals surface area contributed by atoms with Crippen LogP contribution < -0.4 is 5.32 Å². The average Bonchev–Trinajstić information content (AvgIpc) is 2.33. The molecule has 0 radical (unpaired) electrons. The molecule has 0 aliphatic heterocycles. The van der Waals surface area contributed by atoms with E-state index in [4.69, 9.17) is 4.74 Å². The summed E-state index contributed by atoms with van der Waals surface area (Å²) >= 11 is 0. The van der Waals surface area contributed by atoms with Gasteiger partial charge in [0.1, 0.15) is 5.82 Å². The maximum Gasteiger partial charge on any atom is 0.129 e. The molecule has 0 aliphatic carbocycles. The summed E-state index contributed by atoms with van der Waals surface area (Å²) in [5.74, 6) is -0.193. The van der Waals surface area contributed by atoms with Gasteiger partial charge in [0.2, 0.25) is 0 Å². The Hall–Kier alpha value is -0.930. The molecule has 0 saturated carbocycles. The van der Waals surface area contributed by atoms with E-state index in [0.29, 0.717) is 18.7 Å². The molecule has 108 valence electrons. The minimum atomic E-state index is -0.219. The van der Waals surface area contributed by atoms with Crippen LogP contribution in [0.4, 0.5) is 4.39 Å². The molecule has 1 N–H and O–H groups in total. The summed E-state index contributed by atoms with van der Waals surface area (Å²) in [6, 6.07) is 6.85. The largest absolute Gasteiger partial charge is 0.372 e. The Balaban J connectivity index is 2.64. The average molecular weight is 267 g/mol. The fourth-order valence-corrected chi connectivity index (χ4v) is 1.78. The molecule has 0 fully saturated rings.